The van der Waals surface area contributed by atoms with Crippen LogP contribution < -0.4 is 11.3 Å². The van der Waals surface area contributed by atoms with E-state index in [2.05, 4.69) is 47.5 Å². The third-order valence-corrected chi connectivity index (χ3v) is 13.0. The molecule has 0 amide bonds. The van der Waals surface area contributed by atoms with E-state index in [-0.39, 0.29) is 35.4 Å². The largest absolute Gasteiger partial charge is 0.369 e. The lowest BCUT2D eigenvalue weighted by atomic mass is 9.98. The summed E-state index contributed by atoms with van der Waals surface area (Å²) in [5.41, 5.74) is 6.18. The van der Waals surface area contributed by atoms with Crippen molar-refractivity contribution in [1.82, 2.24) is 29.1 Å². The number of imidazole rings is 1. The molecule has 1 aliphatic heterocycles. The van der Waals surface area contributed by atoms with Gasteiger partial charge in [-0.25, -0.2) is 9.65 Å². The van der Waals surface area contributed by atoms with Gasteiger partial charge in [0.05, 0.1) is 19.0 Å². The number of nitrogens with zero attached hydrogens (tertiary/aromatic N) is 5. The highest BCUT2D eigenvalue weighted by Crippen LogP contribution is 2.55. The quantitative estimate of drug-likeness (QED) is 0.0776. The standard InChI is InChI=1S/C36H68N7O4P/c1-7-10-13-16-19-22-29(4)48(45,41(5)6)46-27-31-25-42(30(23-20-17-14-11-8-2)24-21-18-15-12-9-3)26-32(47-31)43-28-38-33-34(43)39-36(37)40-35(33)44/h28-32H,7-27H2,1-6H3,(H3,37,39,40,44)/t29?,31-,32+,48?/m0/s1. The van der Waals surface area contributed by atoms with Gasteiger partial charge in [0.25, 0.3) is 13.1 Å². The van der Waals surface area contributed by atoms with Crippen LogP contribution in [-0.2, 0) is 13.8 Å². The predicted molar refractivity (Wildman–Crippen MR) is 199 cm³/mol. The molecule has 4 atom stereocenters. The van der Waals surface area contributed by atoms with E-state index in [1.54, 1.807) is 11.0 Å². The molecule has 0 radical (unpaired) electrons. The number of aromatic amines is 1. The van der Waals surface area contributed by atoms with E-state index < -0.39 is 13.7 Å². The third kappa shape index (κ3) is 12.2. The number of nitrogens with one attached hydrogen (secondary N) is 1. The number of ether oxygens (including phenoxy) is 1. The van der Waals surface area contributed by atoms with Gasteiger partial charge in [-0.05, 0) is 33.4 Å². The first-order chi connectivity index (χ1) is 23.1. The first-order valence-corrected chi connectivity index (χ1v) is 20.8. The molecule has 3 N–H and O–H groups in total. The number of fused-ring (bicyclic) bond motifs is 1. The van der Waals surface area contributed by atoms with Crippen LogP contribution in [0.5, 0.6) is 0 Å². The van der Waals surface area contributed by atoms with E-state index in [1.807, 2.05) is 18.7 Å². The summed E-state index contributed by atoms with van der Waals surface area (Å²) in [6, 6.07) is 0.404. The number of hydrogen-bond donors (Lipinski definition) is 2. The first kappa shape index (κ1) is 40.6. The maximum Gasteiger partial charge on any atom is 0.280 e. The van der Waals surface area contributed by atoms with E-state index in [1.165, 1.54) is 83.5 Å². The number of nitrogens with two attached hydrogens (primary N) is 1. The van der Waals surface area contributed by atoms with Gasteiger partial charge in [0.1, 0.15) is 6.23 Å². The van der Waals surface area contributed by atoms with Gasteiger partial charge in [-0.2, -0.15) is 4.98 Å². The Labute approximate surface area is 290 Å². The molecule has 0 spiro atoms. The lowest BCUT2D eigenvalue weighted by molar-refractivity contribution is -0.140. The van der Waals surface area contributed by atoms with Crippen LogP contribution in [0.25, 0.3) is 11.2 Å². The van der Waals surface area contributed by atoms with Crippen LogP contribution in [0.2, 0.25) is 0 Å². The Morgan fingerprint density at radius 1 is 0.938 bits per heavy atom. The van der Waals surface area contributed by atoms with Crippen molar-refractivity contribution in [1.29, 1.82) is 0 Å². The average molecular weight is 694 g/mol. The van der Waals surface area contributed by atoms with Crippen LogP contribution in [0.4, 0.5) is 5.95 Å². The van der Waals surface area contributed by atoms with Crippen LogP contribution in [0.3, 0.4) is 0 Å². The molecule has 2 aromatic rings. The second-order valence-electron chi connectivity index (χ2n) is 14.3. The summed E-state index contributed by atoms with van der Waals surface area (Å²) in [5.74, 6) is 0.0504. The van der Waals surface area contributed by atoms with Gasteiger partial charge < -0.3 is 15.0 Å². The minimum Gasteiger partial charge on any atom is -0.369 e. The minimum atomic E-state index is -3.10. The Balaban J connectivity index is 1.84. The Morgan fingerprint density at radius 2 is 1.50 bits per heavy atom. The molecule has 48 heavy (non-hydrogen) atoms. The van der Waals surface area contributed by atoms with Crippen LogP contribution >= 0.6 is 7.52 Å². The number of rotatable bonds is 25. The third-order valence-electron chi connectivity index (χ3n) is 10.0. The van der Waals surface area contributed by atoms with Gasteiger partial charge in [-0.1, -0.05) is 124 Å². The van der Waals surface area contributed by atoms with Crippen molar-refractivity contribution in [2.45, 2.75) is 167 Å². The molecule has 0 aliphatic carbocycles. The van der Waals surface area contributed by atoms with E-state index in [4.69, 9.17) is 15.0 Å². The molecule has 1 saturated heterocycles. The average Bonchev–Trinajstić information content (AvgIpc) is 3.50. The van der Waals surface area contributed by atoms with Gasteiger partial charge in [-0.3, -0.25) is 23.8 Å². The molecule has 1 aliphatic rings. The van der Waals surface area contributed by atoms with Crippen molar-refractivity contribution < 1.29 is 13.8 Å². The number of hydrogen-bond acceptors (Lipinski definition) is 8. The van der Waals surface area contributed by atoms with Crippen LogP contribution in [0.15, 0.2) is 11.1 Å². The van der Waals surface area contributed by atoms with Gasteiger partial charge in [0.2, 0.25) is 5.95 Å². The number of morpholine rings is 1. The SMILES string of the molecule is CCCCCCCC(CCCCCCC)N1C[C@@H](COP(=O)(C(C)CCCCCCC)N(C)C)O[C@@H](n2cnc3c(=O)[nH]c(N)nc32)C1. The number of unbranched alkanes of at least 4 members (excludes halogenated alkanes) is 12. The molecule has 12 heteroatoms. The maximum absolute atomic E-state index is 14.4. The zero-order chi connectivity index (χ0) is 34.9. The van der Waals surface area contributed by atoms with Gasteiger partial charge in [0.15, 0.2) is 11.2 Å². The minimum absolute atomic E-state index is 0.0504. The van der Waals surface area contributed by atoms with Crippen molar-refractivity contribution in [3.05, 3.63) is 16.7 Å². The Morgan fingerprint density at radius 3 is 2.06 bits per heavy atom. The summed E-state index contributed by atoms with van der Waals surface area (Å²) < 4.78 is 31.2. The van der Waals surface area contributed by atoms with Crippen LogP contribution in [-0.4, -0.2) is 80.7 Å². The summed E-state index contributed by atoms with van der Waals surface area (Å²) in [7, 11) is 0.634. The summed E-state index contributed by atoms with van der Waals surface area (Å²) in [6.07, 6.45) is 22.4. The number of aromatic nitrogens is 4. The fourth-order valence-electron chi connectivity index (χ4n) is 7.05. The van der Waals surface area contributed by atoms with Gasteiger partial charge >= 0.3 is 0 Å². The molecule has 11 nitrogen and oxygen atoms in total. The molecule has 2 aromatic heterocycles. The van der Waals surface area contributed by atoms with Crippen molar-refractivity contribution in [2.24, 2.45) is 0 Å². The molecule has 1 fully saturated rings. The van der Waals surface area contributed by atoms with Crippen molar-refractivity contribution >= 4 is 24.6 Å². The summed E-state index contributed by atoms with van der Waals surface area (Å²) in [6.45, 7) is 10.4. The van der Waals surface area contributed by atoms with E-state index in [0.29, 0.717) is 24.8 Å². The topological polar surface area (TPSA) is 132 Å². The Hall–Kier alpha value is -1.78. The molecular formula is C36H68N7O4P. The number of anilines is 1. The Bertz CT molecular complexity index is 1270. The second kappa shape index (κ2) is 21.4. The molecule has 3 rings (SSSR count). The zero-order valence-electron chi connectivity index (χ0n) is 31.1. The molecular weight excluding hydrogens is 625 g/mol. The van der Waals surface area contributed by atoms with Crippen molar-refractivity contribution in [3.8, 4) is 0 Å². The summed E-state index contributed by atoms with van der Waals surface area (Å²) >= 11 is 0. The van der Waals surface area contributed by atoms with E-state index >= 15 is 0 Å². The summed E-state index contributed by atoms with van der Waals surface area (Å²) in [5, 5.41) is 0. The van der Waals surface area contributed by atoms with Crippen molar-refractivity contribution in [2.75, 3.05) is 39.5 Å². The Kier molecular flexibility index (Phi) is 18.2. The first-order valence-electron chi connectivity index (χ1n) is 19.2. The summed E-state index contributed by atoms with van der Waals surface area (Å²) in [4.78, 5) is 26.6. The highest BCUT2D eigenvalue weighted by Gasteiger charge is 2.38. The highest BCUT2D eigenvalue weighted by molar-refractivity contribution is 7.57. The predicted octanol–water partition coefficient (Wildman–Crippen LogP) is 8.51. The lowest BCUT2D eigenvalue weighted by Gasteiger charge is -2.43. The van der Waals surface area contributed by atoms with Crippen LogP contribution in [0.1, 0.15) is 149 Å². The smallest absolute Gasteiger partial charge is 0.280 e. The molecule has 0 bridgehead atoms. The fraction of sp³-hybridized carbons (Fsp3) is 0.861. The van der Waals surface area contributed by atoms with Crippen LogP contribution in [0, 0.1) is 0 Å². The zero-order valence-corrected chi connectivity index (χ0v) is 32.0. The highest BCUT2D eigenvalue weighted by atomic mass is 31.2. The molecule has 0 saturated carbocycles. The number of nitrogen functional groups attached to an aromatic ring is 1. The molecule has 0 aromatic carbocycles. The molecule has 2 unspecified atom stereocenters. The van der Waals surface area contributed by atoms with Crippen molar-refractivity contribution in [3.63, 3.8) is 0 Å². The number of H-pyrrole nitrogens is 1. The van der Waals surface area contributed by atoms with E-state index in [9.17, 15) is 9.36 Å². The van der Waals surface area contributed by atoms with Gasteiger partial charge in [-0.15, -0.1) is 0 Å². The normalized spacial score (nSPS) is 19.4. The second-order valence-corrected chi connectivity index (χ2v) is 17.3. The molecule has 3 heterocycles. The lowest BCUT2D eigenvalue weighted by Crippen LogP contribution is -2.51. The van der Waals surface area contributed by atoms with Gasteiger partial charge in [0, 0.05) is 24.8 Å². The monoisotopic (exact) mass is 694 g/mol. The fourth-order valence-corrected chi connectivity index (χ4v) is 9.21. The molecule has 276 valence electrons. The maximum atomic E-state index is 14.4. The van der Waals surface area contributed by atoms with E-state index in [0.717, 1.165) is 32.1 Å².